The molecular formula is C14H11N5S2. The summed E-state index contributed by atoms with van der Waals surface area (Å²) in [5.41, 5.74) is 2.33. The number of rotatable bonds is 3. The molecule has 0 aliphatic rings. The van der Waals surface area contributed by atoms with Gasteiger partial charge in [-0.1, -0.05) is 0 Å². The number of anilines is 2. The minimum absolute atomic E-state index is 0.464. The first-order valence-electron chi connectivity index (χ1n) is 6.14. The molecule has 7 heteroatoms. The Balaban J connectivity index is 2.00. The van der Waals surface area contributed by atoms with Gasteiger partial charge in [0, 0.05) is 5.69 Å². The van der Waals surface area contributed by atoms with E-state index >= 15 is 0 Å². The highest BCUT2D eigenvalue weighted by atomic mass is 32.2. The summed E-state index contributed by atoms with van der Waals surface area (Å²) < 4.78 is 1.11. The van der Waals surface area contributed by atoms with Gasteiger partial charge in [-0.05, 0) is 31.4 Å². The molecule has 3 rings (SSSR count). The van der Waals surface area contributed by atoms with Crippen molar-refractivity contribution in [3.8, 4) is 6.07 Å². The minimum Gasteiger partial charge on any atom is -0.339 e. The number of thiazole rings is 1. The number of aryl methyl sites for hydroxylation is 1. The summed E-state index contributed by atoms with van der Waals surface area (Å²) in [6.07, 6.45) is 3.35. The van der Waals surface area contributed by atoms with E-state index in [9.17, 15) is 5.26 Å². The summed E-state index contributed by atoms with van der Waals surface area (Å²) in [4.78, 5) is 12.7. The lowest BCUT2D eigenvalue weighted by molar-refractivity contribution is 1.04. The number of hydrogen-bond acceptors (Lipinski definition) is 7. The summed E-state index contributed by atoms with van der Waals surface area (Å²) in [5, 5.41) is 14.2. The molecule has 0 aliphatic carbocycles. The van der Waals surface area contributed by atoms with E-state index in [1.807, 2.05) is 31.4 Å². The third-order valence-electron chi connectivity index (χ3n) is 2.88. The average Bonchev–Trinajstić information content (AvgIpc) is 2.86. The van der Waals surface area contributed by atoms with Gasteiger partial charge in [0.25, 0.3) is 0 Å². The number of aromatic nitrogens is 3. The lowest BCUT2D eigenvalue weighted by atomic mass is 10.2. The molecule has 0 atom stereocenters. The number of nitrogens with zero attached hydrogens (tertiary/aromatic N) is 4. The molecule has 21 heavy (non-hydrogen) atoms. The van der Waals surface area contributed by atoms with Crippen LogP contribution in [0.3, 0.4) is 0 Å². The Hall–Kier alpha value is -2.17. The smallest absolute Gasteiger partial charge is 0.152 e. The zero-order chi connectivity index (χ0) is 14.8. The second-order valence-electron chi connectivity index (χ2n) is 4.26. The van der Waals surface area contributed by atoms with Crippen LogP contribution in [0, 0.1) is 18.3 Å². The minimum atomic E-state index is 0.464. The van der Waals surface area contributed by atoms with Crippen molar-refractivity contribution >= 4 is 44.8 Å². The fourth-order valence-corrected chi connectivity index (χ4v) is 3.34. The van der Waals surface area contributed by atoms with Crippen LogP contribution < -0.4 is 5.32 Å². The van der Waals surface area contributed by atoms with Crippen LogP contribution in [0.15, 0.2) is 29.6 Å². The summed E-state index contributed by atoms with van der Waals surface area (Å²) in [5.74, 6) is 0.525. The highest BCUT2D eigenvalue weighted by Gasteiger charge is 2.11. The van der Waals surface area contributed by atoms with Crippen LogP contribution in [0.4, 0.5) is 11.5 Å². The molecule has 0 bridgehead atoms. The van der Waals surface area contributed by atoms with Crippen molar-refractivity contribution in [2.75, 3.05) is 11.6 Å². The Morgan fingerprint density at radius 1 is 1.33 bits per heavy atom. The molecule has 5 nitrogen and oxygen atoms in total. The first-order valence-corrected chi connectivity index (χ1v) is 8.18. The van der Waals surface area contributed by atoms with Crippen molar-refractivity contribution in [1.29, 1.82) is 5.26 Å². The standard InChI is InChI=1S/C14H11N5S2/c1-8-18-11-4-3-9(5-12(11)21-8)19-13-10(6-15)14(20-2)17-7-16-13/h3-5,7H,1-2H3,(H,16,17,19). The van der Waals surface area contributed by atoms with Crippen molar-refractivity contribution in [2.24, 2.45) is 0 Å². The third kappa shape index (κ3) is 2.68. The van der Waals surface area contributed by atoms with Gasteiger partial charge in [0.05, 0.1) is 15.2 Å². The lowest BCUT2D eigenvalue weighted by Gasteiger charge is -2.08. The van der Waals surface area contributed by atoms with E-state index in [0.29, 0.717) is 16.4 Å². The lowest BCUT2D eigenvalue weighted by Crippen LogP contribution is -1.99. The normalized spacial score (nSPS) is 10.5. The fourth-order valence-electron chi connectivity index (χ4n) is 1.97. The molecule has 0 radical (unpaired) electrons. The Morgan fingerprint density at radius 3 is 2.95 bits per heavy atom. The highest BCUT2D eigenvalue weighted by Crippen LogP contribution is 2.28. The Bertz CT molecular complexity index is 850. The van der Waals surface area contributed by atoms with Gasteiger partial charge in [0.2, 0.25) is 0 Å². The molecule has 0 amide bonds. The Labute approximate surface area is 130 Å². The number of nitrogens with one attached hydrogen (secondary N) is 1. The molecule has 0 aliphatic heterocycles. The number of hydrogen-bond donors (Lipinski definition) is 1. The first kappa shape index (κ1) is 13.8. The summed E-state index contributed by atoms with van der Waals surface area (Å²) in [7, 11) is 0. The molecule has 3 aromatic rings. The fraction of sp³-hybridized carbons (Fsp3) is 0.143. The van der Waals surface area contributed by atoms with E-state index in [1.165, 1.54) is 18.1 Å². The summed E-state index contributed by atoms with van der Waals surface area (Å²) >= 11 is 3.07. The van der Waals surface area contributed by atoms with E-state index in [1.54, 1.807) is 11.3 Å². The quantitative estimate of drug-likeness (QED) is 0.586. The van der Waals surface area contributed by atoms with Crippen molar-refractivity contribution in [3.05, 3.63) is 35.1 Å². The molecule has 2 heterocycles. The van der Waals surface area contributed by atoms with Gasteiger partial charge >= 0.3 is 0 Å². The number of benzene rings is 1. The largest absolute Gasteiger partial charge is 0.339 e. The molecular weight excluding hydrogens is 302 g/mol. The monoisotopic (exact) mass is 313 g/mol. The van der Waals surface area contributed by atoms with Gasteiger partial charge in [-0.3, -0.25) is 0 Å². The molecule has 0 saturated carbocycles. The molecule has 0 unspecified atom stereocenters. The Kier molecular flexibility index (Phi) is 3.73. The van der Waals surface area contributed by atoms with Crippen LogP contribution in [-0.4, -0.2) is 21.2 Å². The highest BCUT2D eigenvalue weighted by molar-refractivity contribution is 7.98. The third-order valence-corrected chi connectivity index (χ3v) is 4.51. The van der Waals surface area contributed by atoms with Gasteiger partial charge in [0.1, 0.15) is 23.0 Å². The van der Waals surface area contributed by atoms with Crippen molar-refractivity contribution in [2.45, 2.75) is 11.9 Å². The molecule has 2 aromatic heterocycles. The van der Waals surface area contributed by atoms with Crippen molar-refractivity contribution in [3.63, 3.8) is 0 Å². The van der Waals surface area contributed by atoms with Gasteiger partial charge < -0.3 is 5.32 Å². The zero-order valence-electron chi connectivity index (χ0n) is 11.4. The number of fused-ring (bicyclic) bond motifs is 1. The van der Waals surface area contributed by atoms with Crippen LogP contribution in [0.25, 0.3) is 10.2 Å². The van der Waals surface area contributed by atoms with E-state index < -0.39 is 0 Å². The molecule has 1 N–H and O–H groups in total. The van der Waals surface area contributed by atoms with Crippen LogP contribution in [0.1, 0.15) is 10.6 Å². The van der Waals surface area contributed by atoms with E-state index in [-0.39, 0.29) is 0 Å². The van der Waals surface area contributed by atoms with Crippen molar-refractivity contribution < 1.29 is 0 Å². The van der Waals surface area contributed by atoms with Crippen LogP contribution in [0.5, 0.6) is 0 Å². The number of nitriles is 1. The molecule has 0 spiro atoms. The molecule has 1 aromatic carbocycles. The summed E-state index contributed by atoms with van der Waals surface area (Å²) in [6, 6.07) is 8.07. The molecule has 0 saturated heterocycles. The Morgan fingerprint density at radius 2 is 2.19 bits per heavy atom. The van der Waals surface area contributed by atoms with Crippen molar-refractivity contribution in [1.82, 2.24) is 15.0 Å². The number of thioether (sulfide) groups is 1. The second kappa shape index (κ2) is 5.68. The van der Waals surface area contributed by atoms with Gasteiger partial charge in [-0.2, -0.15) is 5.26 Å². The van der Waals surface area contributed by atoms with E-state index in [2.05, 4.69) is 26.3 Å². The zero-order valence-corrected chi connectivity index (χ0v) is 13.0. The first-order chi connectivity index (χ1) is 10.2. The van der Waals surface area contributed by atoms with E-state index in [4.69, 9.17) is 0 Å². The SMILES string of the molecule is CSc1ncnc(Nc2ccc3nc(C)sc3c2)c1C#N. The second-order valence-corrected chi connectivity index (χ2v) is 6.29. The average molecular weight is 313 g/mol. The topological polar surface area (TPSA) is 74.5 Å². The predicted octanol–water partition coefficient (Wildman–Crippen LogP) is 3.73. The molecule has 104 valence electrons. The van der Waals surface area contributed by atoms with Crippen LogP contribution in [0.2, 0.25) is 0 Å². The van der Waals surface area contributed by atoms with Gasteiger partial charge in [0.15, 0.2) is 5.82 Å². The maximum absolute atomic E-state index is 9.29. The van der Waals surface area contributed by atoms with E-state index in [0.717, 1.165) is 20.9 Å². The maximum atomic E-state index is 9.29. The predicted molar refractivity (Wildman–Crippen MR) is 86.2 cm³/mol. The molecule has 0 fully saturated rings. The maximum Gasteiger partial charge on any atom is 0.152 e. The van der Waals surface area contributed by atoms with Crippen LogP contribution in [-0.2, 0) is 0 Å². The van der Waals surface area contributed by atoms with Crippen LogP contribution >= 0.6 is 23.1 Å². The van der Waals surface area contributed by atoms with Gasteiger partial charge in [-0.15, -0.1) is 23.1 Å². The van der Waals surface area contributed by atoms with Gasteiger partial charge in [-0.25, -0.2) is 15.0 Å². The summed E-state index contributed by atoms with van der Waals surface area (Å²) in [6.45, 7) is 1.99.